The number of ether oxygens (including phenoxy) is 7. The summed E-state index contributed by atoms with van der Waals surface area (Å²) in [6.45, 7) is 23.7. The molecule has 406 valence electrons. The van der Waals surface area contributed by atoms with Gasteiger partial charge in [-0.1, -0.05) is 55.4 Å². The summed E-state index contributed by atoms with van der Waals surface area (Å²) < 4.78 is 43.3. The minimum absolute atomic E-state index is 0.0209. The quantitative estimate of drug-likeness (QED) is 0.255. The van der Waals surface area contributed by atoms with Gasteiger partial charge in [-0.05, 0) is 215 Å². The molecule has 12 fully saturated rings. The Morgan fingerprint density at radius 2 is 0.986 bits per heavy atom. The van der Waals surface area contributed by atoms with Crippen LogP contribution in [-0.2, 0) is 42.7 Å². The van der Waals surface area contributed by atoms with Crippen molar-refractivity contribution >= 4 is 18.1 Å². The van der Waals surface area contributed by atoms with Gasteiger partial charge in [0.2, 0.25) is 0 Å². The molecule has 0 aromatic rings. The summed E-state index contributed by atoms with van der Waals surface area (Å²) in [5.41, 5.74) is 1.44. The number of carbonyl (C=O) groups is 3. The number of carboxylic acid groups (broad SMARTS) is 1. The highest BCUT2D eigenvalue weighted by Crippen LogP contribution is 2.73. The standard InChI is InChI=1S/C31H48O6.C30H48O5/c1-18-9-14-31(35-17-18)19(2)28-25(37-31)16-24-22-6-5-20-15-21(36-27(34)8-7-26(32)33)10-12-29(20,3)23(22)11-13-30(24,28)4;1-6-32-27(31)34-21-10-12-28(4)20(15-21)7-8-22-23(28)11-13-29(5)24(22)16-25-26(29)19(3)30(35-25)14-9-18(2)17-33-30/h18-25,28H,5-17H2,1-4H3,(H,32,33);18-26H,6-17H2,1-5H3/t18?,19-,20+,21+,22?,23?,24?,25-,28?,29-,30-,31+;18?,19-,20+,21-,22?,23?,24?,25-,26?,28-,29-,30+/m00/s1. The average molecular weight is 1010 g/mol. The monoisotopic (exact) mass is 1000 g/mol. The maximum absolute atomic E-state index is 12.2. The van der Waals surface area contributed by atoms with E-state index in [4.69, 9.17) is 38.3 Å². The molecule has 72 heavy (non-hydrogen) atoms. The third-order valence-corrected chi connectivity index (χ3v) is 25.1. The van der Waals surface area contributed by atoms with Crippen LogP contribution in [0.1, 0.15) is 204 Å². The first-order chi connectivity index (χ1) is 34.3. The number of aliphatic carboxylic acids is 1. The Kier molecular flexibility index (Phi) is 13.9. The molecule has 8 saturated carbocycles. The molecule has 0 radical (unpaired) electrons. The minimum atomic E-state index is -0.942. The van der Waals surface area contributed by atoms with Gasteiger partial charge in [-0.15, -0.1) is 0 Å². The average Bonchev–Trinajstić information content (AvgIpc) is 4.00. The van der Waals surface area contributed by atoms with Crippen molar-refractivity contribution in [2.45, 2.75) is 240 Å². The van der Waals surface area contributed by atoms with Crippen LogP contribution in [0.4, 0.5) is 4.79 Å². The van der Waals surface area contributed by atoms with Crippen molar-refractivity contribution < 1.29 is 52.6 Å². The van der Waals surface area contributed by atoms with Crippen LogP contribution in [0.2, 0.25) is 0 Å². The third kappa shape index (κ3) is 8.47. The Bertz CT molecular complexity index is 2010. The van der Waals surface area contributed by atoms with Gasteiger partial charge >= 0.3 is 18.1 Å². The number of carboxylic acids is 1. The van der Waals surface area contributed by atoms with E-state index < -0.39 is 12.1 Å². The summed E-state index contributed by atoms with van der Waals surface area (Å²) in [6, 6.07) is 0. The number of hydrogen-bond donors (Lipinski definition) is 1. The summed E-state index contributed by atoms with van der Waals surface area (Å²) in [6.07, 6.45) is 23.7. The molecule has 24 atom stereocenters. The van der Waals surface area contributed by atoms with Crippen molar-refractivity contribution in [3.8, 4) is 0 Å². The van der Waals surface area contributed by atoms with Crippen molar-refractivity contribution in [2.24, 2.45) is 105 Å². The van der Waals surface area contributed by atoms with Crippen LogP contribution in [0.15, 0.2) is 0 Å². The topological polar surface area (TPSA) is 136 Å². The van der Waals surface area contributed by atoms with Gasteiger partial charge in [-0.25, -0.2) is 4.79 Å². The van der Waals surface area contributed by atoms with E-state index in [1.54, 1.807) is 0 Å². The molecule has 12 rings (SSSR count). The number of carbonyl (C=O) groups excluding carboxylic acids is 2. The molecule has 0 aromatic heterocycles. The van der Waals surface area contributed by atoms with Crippen LogP contribution in [0.25, 0.3) is 0 Å². The van der Waals surface area contributed by atoms with Crippen molar-refractivity contribution in [1.29, 1.82) is 0 Å². The van der Waals surface area contributed by atoms with Crippen LogP contribution >= 0.6 is 0 Å². The zero-order valence-electron chi connectivity index (χ0n) is 46.1. The molecule has 4 aliphatic heterocycles. The van der Waals surface area contributed by atoms with Crippen LogP contribution in [-0.4, -0.2) is 79.0 Å². The van der Waals surface area contributed by atoms with Crippen LogP contribution < -0.4 is 0 Å². The van der Waals surface area contributed by atoms with Gasteiger partial charge < -0.3 is 38.3 Å². The Morgan fingerprint density at radius 3 is 1.42 bits per heavy atom. The van der Waals surface area contributed by atoms with Gasteiger partial charge in [0, 0.05) is 24.7 Å². The molecular weight excluding hydrogens is 909 g/mol. The first kappa shape index (κ1) is 52.1. The van der Waals surface area contributed by atoms with Gasteiger partial charge in [-0.3, -0.25) is 9.59 Å². The Hall–Kier alpha value is -1.95. The minimum Gasteiger partial charge on any atom is -0.481 e. The second-order valence-corrected chi connectivity index (χ2v) is 28.3. The maximum Gasteiger partial charge on any atom is 0.508 e. The fourth-order valence-electron chi connectivity index (χ4n) is 21.4. The molecule has 12 aliphatic rings. The fraction of sp³-hybridized carbons (Fsp3) is 0.951. The summed E-state index contributed by atoms with van der Waals surface area (Å²) in [5.74, 6) is 7.51. The van der Waals surface area contributed by atoms with E-state index in [1.165, 1.54) is 83.5 Å². The molecule has 10 unspecified atom stereocenters. The second-order valence-electron chi connectivity index (χ2n) is 28.3. The van der Waals surface area contributed by atoms with Crippen molar-refractivity contribution in [2.75, 3.05) is 19.8 Å². The smallest absolute Gasteiger partial charge is 0.481 e. The van der Waals surface area contributed by atoms with Gasteiger partial charge in [0.1, 0.15) is 12.2 Å². The third-order valence-electron chi connectivity index (χ3n) is 25.1. The zero-order chi connectivity index (χ0) is 50.8. The van der Waals surface area contributed by atoms with E-state index in [2.05, 4.69) is 55.4 Å². The lowest BCUT2D eigenvalue weighted by molar-refractivity contribution is -0.273. The normalized spacial score (nSPS) is 53.7. The molecule has 8 aliphatic carbocycles. The Morgan fingerprint density at radius 1 is 0.528 bits per heavy atom. The van der Waals surface area contributed by atoms with E-state index in [0.717, 1.165) is 93.7 Å². The summed E-state index contributed by atoms with van der Waals surface area (Å²) in [5, 5.41) is 8.87. The first-order valence-electron chi connectivity index (χ1n) is 30.1. The maximum atomic E-state index is 12.2. The predicted molar refractivity (Wildman–Crippen MR) is 272 cm³/mol. The molecule has 2 spiro atoms. The molecule has 0 amide bonds. The predicted octanol–water partition coefficient (Wildman–Crippen LogP) is 13.2. The van der Waals surface area contributed by atoms with Crippen LogP contribution in [0, 0.1) is 105 Å². The summed E-state index contributed by atoms with van der Waals surface area (Å²) in [7, 11) is 0. The number of esters is 1. The molecule has 0 aromatic carbocycles. The van der Waals surface area contributed by atoms with Crippen LogP contribution in [0.3, 0.4) is 0 Å². The zero-order valence-corrected chi connectivity index (χ0v) is 46.1. The summed E-state index contributed by atoms with van der Waals surface area (Å²) >= 11 is 0. The number of hydrogen-bond acceptors (Lipinski definition) is 10. The van der Waals surface area contributed by atoms with Gasteiger partial charge in [0.15, 0.2) is 11.6 Å². The fourth-order valence-corrected chi connectivity index (χ4v) is 21.4. The Labute approximate surface area is 433 Å². The highest BCUT2D eigenvalue weighted by Gasteiger charge is 2.71. The van der Waals surface area contributed by atoms with Crippen LogP contribution in [0.5, 0.6) is 0 Å². The van der Waals surface area contributed by atoms with E-state index in [-0.39, 0.29) is 42.6 Å². The van der Waals surface area contributed by atoms with Gasteiger partial charge in [-0.2, -0.15) is 0 Å². The lowest BCUT2D eigenvalue weighted by atomic mass is 9.44. The van der Waals surface area contributed by atoms with Gasteiger partial charge in [0.25, 0.3) is 0 Å². The van der Waals surface area contributed by atoms with E-state index in [1.807, 2.05) is 6.92 Å². The van der Waals surface area contributed by atoms with Crippen molar-refractivity contribution in [3.05, 3.63) is 0 Å². The molecule has 11 heteroatoms. The molecular formula is C61H96O11. The lowest BCUT2D eigenvalue weighted by Gasteiger charge is -2.61. The Balaban J connectivity index is 0.000000156. The molecule has 11 nitrogen and oxygen atoms in total. The summed E-state index contributed by atoms with van der Waals surface area (Å²) in [4.78, 5) is 34.9. The first-order valence-corrected chi connectivity index (χ1v) is 30.1. The van der Waals surface area contributed by atoms with E-state index in [0.29, 0.717) is 87.8 Å². The van der Waals surface area contributed by atoms with E-state index >= 15 is 0 Å². The molecule has 4 saturated heterocycles. The SMILES string of the molecule is CC1CC[C@@]2(OC1)O[C@H]1CC3C4CC[C@@H]5C[C@H](OC(=O)CCC(=O)O)CC[C@]5(C)C4CC[C@]3(C)C1[C@@H]2C.CCOC(=O)O[C@H]1CC[C@]2(C)C3CC[C@@]4(C)C(C[C@@H]5O[C@]6(CCC(C)CO6)[C@@H](C)C54)C3CC[C@@H]2C1. The van der Waals surface area contributed by atoms with Crippen molar-refractivity contribution in [3.63, 3.8) is 0 Å². The number of fused-ring (bicyclic) bond motifs is 14. The molecule has 4 heterocycles. The molecule has 0 bridgehead atoms. The largest absolute Gasteiger partial charge is 0.508 e. The lowest BCUT2D eigenvalue weighted by Crippen LogP contribution is -2.55. The van der Waals surface area contributed by atoms with Gasteiger partial charge in [0.05, 0.1) is 44.9 Å². The van der Waals surface area contributed by atoms with E-state index in [9.17, 15) is 14.4 Å². The van der Waals surface area contributed by atoms with Crippen molar-refractivity contribution in [1.82, 2.24) is 0 Å². The highest BCUT2D eigenvalue weighted by molar-refractivity contribution is 5.76. The second kappa shape index (κ2) is 19.2. The number of rotatable bonds is 6. The molecule has 1 N–H and O–H groups in total. The highest BCUT2D eigenvalue weighted by atomic mass is 16.7.